The van der Waals surface area contributed by atoms with Gasteiger partial charge in [0.15, 0.2) is 0 Å². The van der Waals surface area contributed by atoms with Crippen LogP contribution in [-0.2, 0) is 0 Å². The second kappa shape index (κ2) is 4.69. The molecule has 1 aromatic rings. The topological polar surface area (TPSA) is 52.0 Å². The van der Waals surface area contributed by atoms with Gasteiger partial charge in [-0.25, -0.2) is 4.39 Å². The molecule has 13 heavy (non-hydrogen) atoms. The van der Waals surface area contributed by atoms with Crippen molar-refractivity contribution in [1.82, 2.24) is 0 Å². The van der Waals surface area contributed by atoms with E-state index >= 15 is 0 Å². The lowest BCUT2D eigenvalue weighted by Gasteiger charge is -2.13. The molecule has 72 valence electrons. The van der Waals surface area contributed by atoms with Gasteiger partial charge in [0.25, 0.3) is 0 Å². The number of hydrogen-bond acceptors (Lipinski definition) is 2. The van der Waals surface area contributed by atoms with Gasteiger partial charge in [-0.1, -0.05) is 22.0 Å². The average Bonchev–Trinajstić information content (AvgIpc) is 2.04. The van der Waals surface area contributed by atoms with Crippen molar-refractivity contribution in [2.24, 2.45) is 11.5 Å². The van der Waals surface area contributed by atoms with Gasteiger partial charge in [0.2, 0.25) is 0 Å². The van der Waals surface area contributed by atoms with Crippen LogP contribution in [0.1, 0.15) is 18.0 Å². The van der Waals surface area contributed by atoms with Crippen LogP contribution in [0.5, 0.6) is 0 Å². The van der Waals surface area contributed by atoms with E-state index in [9.17, 15) is 4.39 Å². The lowest BCUT2D eigenvalue weighted by atomic mass is 10.0. The van der Waals surface area contributed by atoms with Gasteiger partial charge in [0.05, 0.1) is 0 Å². The Hall–Kier alpha value is -0.450. The minimum absolute atomic E-state index is 0.282. The minimum atomic E-state index is -0.333. The van der Waals surface area contributed by atoms with Gasteiger partial charge in [0, 0.05) is 16.1 Å². The zero-order valence-electron chi connectivity index (χ0n) is 7.13. The molecular weight excluding hydrogens is 235 g/mol. The third-order valence-corrected chi connectivity index (χ3v) is 2.54. The van der Waals surface area contributed by atoms with E-state index in [1.807, 2.05) is 0 Å². The first-order valence-corrected chi connectivity index (χ1v) is 4.85. The molecule has 0 spiro atoms. The van der Waals surface area contributed by atoms with Gasteiger partial charge >= 0.3 is 0 Å². The Morgan fingerprint density at radius 2 is 2.15 bits per heavy atom. The second-order valence-electron chi connectivity index (χ2n) is 2.82. The number of rotatable bonds is 3. The van der Waals surface area contributed by atoms with Crippen LogP contribution >= 0.6 is 15.9 Å². The highest BCUT2D eigenvalue weighted by molar-refractivity contribution is 9.10. The van der Waals surface area contributed by atoms with Crippen molar-refractivity contribution in [2.75, 3.05) is 6.54 Å². The summed E-state index contributed by atoms with van der Waals surface area (Å²) in [4.78, 5) is 0. The van der Waals surface area contributed by atoms with E-state index in [4.69, 9.17) is 11.5 Å². The fraction of sp³-hybridized carbons (Fsp3) is 0.333. The van der Waals surface area contributed by atoms with Gasteiger partial charge in [-0.2, -0.15) is 0 Å². The van der Waals surface area contributed by atoms with Crippen LogP contribution in [-0.4, -0.2) is 6.54 Å². The molecule has 2 nitrogen and oxygen atoms in total. The molecule has 0 aliphatic rings. The zero-order chi connectivity index (χ0) is 9.84. The van der Waals surface area contributed by atoms with Gasteiger partial charge in [-0.3, -0.25) is 0 Å². The van der Waals surface area contributed by atoms with Gasteiger partial charge in [-0.05, 0) is 25.1 Å². The summed E-state index contributed by atoms with van der Waals surface area (Å²) in [5, 5.41) is 0. The van der Waals surface area contributed by atoms with E-state index in [0.29, 0.717) is 23.0 Å². The monoisotopic (exact) mass is 246 g/mol. The van der Waals surface area contributed by atoms with Crippen molar-refractivity contribution in [3.05, 3.63) is 34.1 Å². The van der Waals surface area contributed by atoms with E-state index in [1.165, 1.54) is 6.07 Å². The first-order valence-electron chi connectivity index (χ1n) is 4.06. The van der Waals surface area contributed by atoms with Crippen LogP contribution < -0.4 is 11.5 Å². The molecule has 0 bridgehead atoms. The van der Waals surface area contributed by atoms with Crippen molar-refractivity contribution >= 4 is 15.9 Å². The number of hydrogen-bond donors (Lipinski definition) is 2. The molecule has 0 aliphatic heterocycles. The maximum absolute atomic E-state index is 13.3. The zero-order valence-corrected chi connectivity index (χ0v) is 8.72. The molecule has 1 rings (SSSR count). The molecule has 0 saturated carbocycles. The molecule has 1 aromatic carbocycles. The van der Waals surface area contributed by atoms with E-state index in [2.05, 4.69) is 15.9 Å². The normalized spacial score (nSPS) is 12.9. The molecule has 0 unspecified atom stereocenters. The highest BCUT2D eigenvalue weighted by atomic mass is 79.9. The average molecular weight is 247 g/mol. The maximum Gasteiger partial charge on any atom is 0.129 e. The van der Waals surface area contributed by atoms with Crippen molar-refractivity contribution in [3.8, 4) is 0 Å². The first-order chi connectivity index (χ1) is 6.16. The van der Waals surface area contributed by atoms with Gasteiger partial charge in [-0.15, -0.1) is 0 Å². The summed E-state index contributed by atoms with van der Waals surface area (Å²) in [7, 11) is 0. The smallest absolute Gasteiger partial charge is 0.129 e. The van der Waals surface area contributed by atoms with Crippen LogP contribution in [0.2, 0.25) is 0 Å². The van der Waals surface area contributed by atoms with Crippen LogP contribution in [0.4, 0.5) is 4.39 Å². The van der Waals surface area contributed by atoms with E-state index in [-0.39, 0.29) is 11.9 Å². The number of benzene rings is 1. The Labute approximate surface area is 85.2 Å². The van der Waals surface area contributed by atoms with Crippen LogP contribution in [0.3, 0.4) is 0 Å². The summed E-state index contributed by atoms with van der Waals surface area (Å²) in [5.74, 6) is -0.282. The summed E-state index contributed by atoms with van der Waals surface area (Å²) in [5.41, 5.74) is 11.6. The maximum atomic E-state index is 13.3. The molecule has 0 aromatic heterocycles. The third kappa shape index (κ3) is 2.49. The lowest BCUT2D eigenvalue weighted by molar-refractivity contribution is 0.565. The number of halogens is 2. The standard InChI is InChI=1S/C9H12BrFN2/c10-6-2-1-3-7(11)9(6)8(13)4-5-12/h1-3,8H,4-5,12-13H2/t8-/m0/s1. The predicted octanol–water partition coefficient (Wildman–Crippen LogP) is 1.94. The summed E-state index contributed by atoms with van der Waals surface area (Å²) in [6, 6.07) is 4.48. The molecule has 0 radical (unpaired) electrons. The molecule has 4 heteroatoms. The second-order valence-corrected chi connectivity index (χ2v) is 3.67. The molecule has 0 amide bonds. The Kier molecular flexibility index (Phi) is 3.84. The molecule has 0 aliphatic carbocycles. The van der Waals surface area contributed by atoms with Crippen molar-refractivity contribution < 1.29 is 4.39 Å². The van der Waals surface area contributed by atoms with Crippen molar-refractivity contribution in [1.29, 1.82) is 0 Å². The largest absolute Gasteiger partial charge is 0.330 e. The molecule has 1 atom stereocenters. The van der Waals surface area contributed by atoms with Crippen molar-refractivity contribution in [3.63, 3.8) is 0 Å². The minimum Gasteiger partial charge on any atom is -0.330 e. The van der Waals surface area contributed by atoms with Crippen LogP contribution in [0, 0.1) is 5.82 Å². The molecule has 4 N–H and O–H groups in total. The quantitative estimate of drug-likeness (QED) is 0.857. The van der Waals surface area contributed by atoms with Gasteiger partial charge in [0.1, 0.15) is 5.82 Å². The Morgan fingerprint density at radius 3 is 2.69 bits per heavy atom. The highest BCUT2D eigenvalue weighted by Crippen LogP contribution is 2.26. The summed E-state index contributed by atoms with van der Waals surface area (Å²) in [6.45, 7) is 0.460. The highest BCUT2D eigenvalue weighted by Gasteiger charge is 2.13. The predicted molar refractivity (Wildman–Crippen MR) is 54.7 cm³/mol. The van der Waals surface area contributed by atoms with E-state index in [1.54, 1.807) is 12.1 Å². The third-order valence-electron chi connectivity index (χ3n) is 1.85. The fourth-order valence-corrected chi connectivity index (χ4v) is 1.82. The molecular formula is C9H12BrFN2. The Balaban J connectivity index is 2.98. The SMILES string of the molecule is NCC[C@H](N)c1c(F)cccc1Br. The fourth-order valence-electron chi connectivity index (χ4n) is 1.19. The lowest BCUT2D eigenvalue weighted by Crippen LogP contribution is -2.17. The summed E-state index contributed by atoms with van der Waals surface area (Å²) in [6.07, 6.45) is 0.583. The molecule has 0 heterocycles. The number of nitrogens with two attached hydrogens (primary N) is 2. The summed E-state index contributed by atoms with van der Waals surface area (Å²) < 4.78 is 14.0. The first kappa shape index (κ1) is 10.6. The Bertz CT molecular complexity index is 271. The van der Waals surface area contributed by atoms with Crippen LogP contribution in [0.25, 0.3) is 0 Å². The summed E-state index contributed by atoms with van der Waals surface area (Å²) >= 11 is 3.26. The molecule has 0 saturated heterocycles. The van der Waals surface area contributed by atoms with Crippen molar-refractivity contribution in [2.45, 2.75) is 12.5 Å². The van der Waals surface area contributed by atoms with Crippen LogP contribution in [0.15, 0.2) is 22.7 Å². The van der Waals surface area contributed by atoms with E-state index in [0.717, 1.165) is 0 Å². The Morgan fingerprint density at radius 1 is 1.46 bits per heavy atom. The molecule has 0 fully saturated rings. The van der Waals surface area contributed by atoms with E-state index < -0.39 is 0 Å². The van der Waals surface area contributed by atoms with Gasteiger partial charge < -0.3 is 11.5 Å².